The van der Waals surface area contributed by atoms with Crippen molar-refractivity contribution in [3.63, 3.8) is 0 Å². The number of esters is 1. The van der Waals surface area contributed by atoms with Crippen LogP contribution < -0.4 is 11.1 Å². The number of amides is 1. The standard InChI is InChI=1S/C11H19N5O3/c1-3-13-9(17)5-6-16-8(7-12)10(14-15-16)11(18)19-4-2/h3-7,12H2,1-2H3,(H,13,17). The van der Waals surface area contributed by atoms with Crippen molar-refractivity contribution in [2.75, 3.05) is 13.2 Å². The fourth-order valence-corrected chi connectivity index (χ4v) is 1.57. The number of hydrogen-bond acceptors (Lipinski definition) is 6. The van der Waals surface area contributed by atoms with E-state index in [1.165, 1.54) is 4.68 Å². The maximum atomic E-state index is 11.6. The molecule has 19 heavy (non-hydrogen) atoms. The lowest BCUT2D eigenvalue weighted by atomic mass is 10.3. The zero-order chi connectivity index (χ0) is 14.3. The van der Waals surface area contributed by atoms with Crippen molar-refractivity contribution in [1.82, 2.24) is 20.3 Å². The summed E-state index contributed by atoms with van der Waals surface area (Å²) < 4.78 is 6.32. The molecule has 0 radical (unpaired) electrons. The molecule has 0 unspecified atom stereocenters. The van der Waals surface area contributed by atoms with E-state index in [2.05, 4.69) is 15.6 Å². The molecule has 0 aliphatic rings. The number of hydrogen-bond donors (Lipinski definition) is 2. The molecule has 1 aromatic heterocycles. The van der Waals surface area contributed by atoms with E-state index in [-0.39, 0.29) is 31.2 Å². The van der Waals surface area contributed by atoms with Gasteiger partial charge in [-0.2, -0.15) is 0 Å². The first kappa shape index (κ1) is 15.1. The average molecular weight is 269 g/mol. The minimum absolute atomic E-state index is 0.0846. The summed E-state index contributed by atoms with van der Waals surface area (Å²) in [6.45, 7) is 4.82. The summed E-state index contributed by atoms with van der Waals surface area (Å²) in [5, 5.41) is 10.3. The number of aryl methyl sites for hydroxylation is 1. The Labute approximate surface area is 111 Å². The molecule has 0 aliphatic carbocycles. The number of nitrogens with two attached hydrogens (primary N) is 1. The van der Waals surface area contributed by atoms with Crippen LogP contribution in [0.2, 0.25) is 0 Å². The third-order valence-electron chi connectivity index (χ3n) is 2.42. The molecule has 0 fully saturated rings. The van der Waals surface area contributed by atoms with Gasteiger partial charge in [0.25, 0.3) is 0 Å². The zero-order valence-corrected chi connectivity index (χ0v) is 11.2. The average Bonchev–Trinajstić information content (AvgIpc) is 2.80. The highest BCUT2D eigenvalue weighted by molar-refractivity contribution is 5.88. The summed E-state index contributed by atoms with van der Waals surface area (Å²) in [6.07, 6.45) is 0.256. The lowest BCUT2D eigenvalue weighted by Gasteiger charge is -2.06. The molecule has 0 saturated carbocycles. The Morgan fingerprint density at radius 2 is 2.16 bits per heavy atom. The fraction of sp³-hybridized carbons (Fsp3) is 0.636. The Balaban J connectivity index is 2.74. The Morgan fingerprint density at radius 3 is 2.74 bits per heavy atom. The second-order valence-corrected chi connectivity index (χ2v) is 3.74. The number of ether oxygens (including phenoxy) is 1. The van der Waals surface area contributed by atoms with Crippen LogP contribution >= 0.6 is 0 Å². The third-order valence-corrected chi connectivity index (χ3v) is 2.42. The SMILES string of the molecule is CCNC(=O)CCn1nnc(C(=O)OCC)c1CN. The van der Waals surface area contributed by atoms with Gasteiger partial charge in [0.15, 0.2) is 5.69 Å². The number of nitrogens with zero attached hydrogens (tertiary/aromatic N) is 3. The van der Waals surface area contributed by atoms with Gasteiger partial charge in [-0.3, -0.25) is 4.79 Å². The maximum absolute atomic E-state index is 11.6. The number of carbonyl (C=O) groups is 2. The molecule has 0 atom stereocenters. The summed E-state index contributed by atoms with van der Waals surface area (Å²) in [4.78, 5) is 23.0. The van der Waals surface area contributed by atoms with E-state index in [1.807, 2.05) is 6.92 Å². The maximum Gasteiger partial charge on any atom is 0.360 e. The van der Waals surface area contributed by atoms with E-state index in [0.29, 0.717) is 18.8 Å². The number of carbonyl (C=O) groups excluding carboxylic acids is 2. The van der Waals surface area contributed by atoms with Crippen molar-refractivity contribution in [2.45, 2.75) is 33.4 Å². The molecule has 1 aromatic rings. The molecule has 0 spiro atoms. The number of aromatic nitrogens is 3. The van der Waals surface area contributed by atoms with Crippen LogP contribution in [0.25, 0.3) is 0 Å². The summed E-state index contributed by atoms with van der Waals surface area (Å²) in [6, 6.07) is 0. The van der Waals surface area contributed by atoms with E-state index in [0.717, 1.165) is 0 Å². The molecular weight excluding hydrogens is 250 g/mol. The molecule has 3 N–H and O–H groups in total. The summed E-state index contributed by atoms with van der Waals surface area (Å²) in [5.41, 5.74) is 6.17. The lowest BCUT2D eigenvalue weighted by molar-refractivity contribution is -0.121. The van der Waals surface area contributed by atoms with Crippen LogP contribution in [-0.4, -0.2) is 40.0 Å². The van der Waals surface area contributed by atoms with Crippen LogP contribution in [0.5, 0.6) is 0 Å². The highest BCUT2D eigenvalue weighted by atomic mass is 16.5. The highest BCUT2D eigenvalue weighted by Crippen LogP contribution is 2.07. The molecule has 1 rings (SSSR count). The fourth-order valence-electron chi connectivity index (χ4n) is 1.57. The minimum atomic E-state index is -0.549. The summed E-state index contributed by atoms with van der Waals surface area (Å²) in [7, 11) is 0. The van der Waals surface area contributed by atoms with Gasteiger partial charge in [-0.15, -0.1) is 5.10 Å². The van der Waals surface area contributed by atoms with Crippen molar-refractivity contribution in [3.8, 4) is 0 Å². The first-order valence-corrected chi connectivity index (χ1v) is 6.20. The first-order valence-electron chi connectivity index (χ1n) is 6.20. The molecule has 0 bridgehead atoms. The van der Waals surface area contributed by atoms with Gasteiger partial charge in [-0.05, 0) is 13.8 Å². The smallest absolute Gasteiger partial charge is 0.360 e. The first-order chi connectivity index (χ1) is 9.13. The van der Waals surface area contributed by atoms with Crippen LogP contribution in [0.15, 0.2) is 0 Å². The van der Waals surface area contributed by atoms with Gasteiger partial charge in [-0.25, -0.2) is 9.48 Å². The largest absolute Gasteiger partial charge is 0.461 e. The molecule has 1 heterocycles. The molecule has 8 heteroatoms. The van der Waals surface area contributed by atoms with Crippen molar-refractivity contribution in [3.05, 3.63) is 11.4 Å². The second-order valence-electron chi connectivity index (χ2n) is 3.74. The summed E-state index contributed by atoms with van der Waals surface area (Å²) >= 11 is 0. The zero-order valence-electron chi connectivity index (χ0n) is 11.2. The minimum Gasteiger partial charge on any atom is -0.461 e. The van der Waals surface area contributed by atoms with Crippen molar-refractivity contribution in [2.24, 2.45) is 5.73 Å². The third kappa shape index (κ3) is 4.02. The molecule has 1 amide bonds. The molecule has 0 aromatic carbocycles. The van der Waals surface area contributed by atoms with Gasteiger partial charge >= 0.3 is 5.97 Å². The highest BCUT2D eigenvalue weighted by Gasteiger charge is 2.19. The molecule has 0 saturated heterocycles. The molecular formula is C11H19N5O3. The van der Waals surface area contributed by atoms with Crippen LogP contribution in [-0.2, 0) is 22.6 Å². The van der Waals surface area contributed by atoms with Gasteiger partial charge in [-0.1, -0.05) is 5.21 Å². The van der Waals surface area contributed by atoms with Gasteiger partial charge in [0.2, 0.25) is 5.91 Å². The number of rotatable bonds is 7. The Bertz CT molecular complexity index is 444. The van der Waals surface area contributed by atoms with Crippen LogP contribution in [0.4, 0.5) is 0 Å². The normalized spacial score (nSPS) is 10.3. The van der Waals surface area contributed by atoms with Crippen molar-refractivity contribution < 1.29 is 14.3 Å². The Morgan fingerprint density at radius 1 is 1.42 bits per heavy atom. The monoisotopic (exact) mass is 269 g/mol. The predicted octanol–water partition coefficient (Wildman–Crippen LogP) is -0.560. The van der Waals surface area contributed by atoms with E-state index in [9.17, 15) is 9.59 Å². The molecule has 0 aliphatic heterocycles. The van der Waals surface area contributed by atoms with Gasteiger partial charge < -0.3 is 15.8 Å². The van der Waals surface area contributed by atoms with E-state index >= 15 is 0 Å². The van der Waals surface area contributed by atoms with E-state index in [1.54, 1.807) is 6.92 Å². The number of nitrogens with one attached hydrogen (secondary N) is 1. The second kappa shape index (κ2) is 7.47. The summed E-state index contributed by atoms with van der Waals surface area (Å²) in [5.74, 6) is -0.633. The lowest BCUT2D eigenvalue weighted by Crippen LogP contribution is -2.24. The van der Waals surface area contributed by atoms with Crippen LogP contribution in [0.3, 0.4) is 0 Å². The quantitative estimate of drug-likeness (QED) is 0.642. The van der Waals surface area contributed by atoms with Crippen molar-refractivity contribution >= 4 is 11.9 Å². The van der Waals surface area contributed by atoms with E-state index < -0.39 is 5.97 Å². The van der Waals surface area contributed by atoms with Crippen molar-refractivity contribution in [1.29, 1.82) is 0 Å². The Kier molecular flexibility index (Phi) is 5.94. The van der Waals surface area contributed by atoms with Gasteiger partial charge in [0.1, 0.15) is 0 Å². The van der Waals surface area contributed by atoms with Crippen LogP contribution in [0.1, 0.15) is 36.5 Å². The molecule has 8 nitrogen and oxygen atoms in total. The van der Waals surface area contributed by atoms with Crippen LogP contribution in [0, 0.1) is 0 Å². The topological polar surface area (TPSA) is 112 Å². The van der Waals surface area contributed by atoms with E-state index in [4.69, 9.17) is 10.5 Å². The predicted molar refractivity (Wildman–Crippen MR) is 67.2 cm³/mol. The van der Waals surface area contributed by atoms with Gasteiger partial charge in [0, 0.05) is 19.5 Å². The Hall–Kier alpha value is -1.96. The molecule has 106 valence electrons. The van der Waals surface area contributed by atoms with Gasteiger partial charge in [0.05, 0.1) is 18.8 Å².